The number of thiocarbonyl (C=S) groups is 1. The van der Waals surface area contributed by atoms with Gasteiger partial charge in [-0.25, -0.2) is 12.7 Å². The zero-order valence-electron chi connectivity index (χ0n) is 14.9. The summed E-state index contributed by atoms with van der Waals surface area (Å²) in [6.07, 6.45) is 0.999. The van der Waals surface area contributed by atoms with E-state index in [4.69, 9.17) is 12.2 Å². The summed E-state index contributed by atoms with van der Waals surface area (Å²) >= 11 is 5.26. The Morgan fingerprint density at radius 3 is 2.46 bits per heavy atom. The number of benzene rings is 1. The summed E-state index contributed by atoms with van der Waals surface area (Å²) < 4.78 is 25.5. The standard InChI is InChI=1S/C16H28N4O2S2/c1-5-20(6-2)12-8-11-17-16(23)18-14-9-7-10-15(13-14)24(21,22)19(3)4/h7,9-10,13H,5-6,8,11-12H2,1-4H3,(H2,17,18,23). The number of sulfonamides is 1. The van der Waals surface area contributed by atoms with Crippen LogP contribution in [0.3, 0.4) is 0 Å². The fraction of sp³-hybridized carbons (Fsp3) is 0.562. The van der Waals surface area contributed by atoms with Crippen molar-refractivity contribution >= 4 is 33.0 Å². The molecule has 0 unspecified atom stereocenters. The molecule has 0 aliphatic heterocycles. The second-order valence-electron chi connectivity index (χ2n) is 5.58. The van der Waals surface area contributed by atoms with Gasteiger partial charge in [0.25, 0.3) is 0 Å². The summed E-state index contributed by atoms with van der Waals surface area (Å²) in [4.78, 5) is 2.59. The maximum atomic E-state index is 12.1. The van der Waals surface area contributed by atoms with E-state index in [0.29, 0.717) is 10.8 Å². The van der Waals surface area contributed by atoms with Crippen molar-refractivity contribution in [1.29, 1.82) is 0 Å². The minimum absolute atomic E-state index is 0.238. The van der Waals surface area contributed by atoms with Crippen molar-refractivity contribution in [3.63, 3.8) is 0 Å². The largest absolute Gasteiger partial charge is 0.362 e. The lowest BCUT2D eigenvalue weighted by atomic mass is 10.3. The van der Waals surface area contributed by atoms with Crippen molar-refractivity contribution in [3.05, 3.63) is 24.3 Å². The average molecular weight is 373 g/mol. The van der Waals surface area contributed by atoms with E-state index < -0.39 is 10.0 Å². The zero-order chi connectivity index (χ0) is 18.2. The van der Waals surface area contributed by atoms with Gasteiger partial charge in [-0.3, -0.25) is 0 Å². The molecule has 0 saturated heterocycles. The third kappa shape index (κ3) is 6.35. The Bertz CT molecular complexity index is 629. The molecule has 8 heteroatoms. The normalized spacial score (nSPS) is 11.8. The van der Waals surface area contributed by atoms with Gasteiger partial charge in [-0.15, -0.1) is 0 Å². The van der Waals surface area contributed by atoms with Gasteiger partial charge >= 0.3 is 0 Å². The molecule has 0 fully saturated rings. The molecule has 24 heavy (non-hydrogen) atoms. The first kappa shape index (κ1) is 20.8. The third-order valence-electron chi connectivity index (χ3n) is 3.70. The first-order valence-corrected chi connectivity index (χ1v) is 9.95. The second kappa shape index (κ2) is 9.93. The van der Waals surface area contributed by atoms with Crippen LogP contribution in [0, 0.1) is 0 Å². The molecule has 0 bridgehead atoms. The van der Waals surface area contributed by atoms with Crippen LogP contribution in [0.4, 0.5) is 5.69 Å². The average Bonchev–Trinajstić information content (AvgIpc) is 2.55. The predicted octanol–water partition coefficient (Wildman–Crippen LogP) is 1.96. The highest BCUT2D eigenvalue weighted by molar-refractivity contribution is 7.89. The fourth-order valence-electron chi connectivity index (χ4n) is 2.16. The minimum Gasteiger partial charge on any atom is -0.362 e. The number of hydrogen-bond acceptors (Lipinski definition) is 4. The highest BCUT2D eigenvalue weighted by Gasteiger charge is 2.17. The SMILES string of the molecule is CCN(CC)CCCNC(=S)Nc1cccc(S(=O)(=O)N(C)C)c1. The van der Waals surface area contributed by atoms with Gasteiger partial charge in [-0.1, -0.05) is 19.9 Å². The molecule has 6 nitrogen and oxygen atoms in total. The molecule has 0 heterocycles. The third-order valence-corrected chi connectivity index (χ3v) is 5.76. The van der Waals surface area contributed by atoms with Crippen LogP contribution in [0.5, 0.6) is 0 Å². The minimum atomic E-state index is -3.45. The summed E-state index contributed by atoms with van der Waals surface area (Å²) in [7, 11) is -0.425. The molecule has 2 N–H and O–H groups in total. The molecule has 1 aromatic carbocycles. The molecule has 0 atom stereocenters. The van der Waals surface area contributed by atoms with Crippen molar-refractivity contribution in [2.45, 2.75) is 25.2 Å². The van der Waals surface area contributed by atoms with Gasteiger partial charge in [0, 0.05) is 26.3 Å². The van der Waals surface area contributed by atoms with Crippen molar-refractivity contribution < 1.29 is 8.42 Å². The lowest BCUT2D eigenvalue weighted by Gasteiger charge is -2.18. The summed E-state index contributed by atoms with van der Waals surface area (Å²) in [6.45, 7) is 8.20. The van der Waals surface area contributed by atoms with Crippen LogP contribution in [0.1, 0.15) is 20.3 Å². The maximum Gasteiger partial charge on any atom is 0.242 e. The van der Waals surface area contributed by atoms with Crippen LogP contribution >= 0.6 is 12.2 Å². The van der Waals surface area contributed by atoms with E-state index in [1.807, 2.05) is 0 Å². The van der Waals surface area contributed by atoms with E-state index in [9.17, 15) is 8.42 Å². The predicted molar refractivity (Wildman–Crippen MR) is 104 cm³/mol. The molecule has 1 rings (SSSR count). The molecule has 1 aromatic rings. The molecule has 0 aliphatic rings. The highest BCUT2D eigenvalue weighted by atomic mass is 32.2. The molecule has 0 spiro atoms. The lowest BCUT2D eigenvalue weighted by Crippen LogP contribution is -2.32. The fourth-order valence-corrected chi connectivity index (χ4v) is 3.33. The van der Waals surface area contributed by atoms with Crippen LogP contribution in [0.15, 0.2) is 29.2 Å². The molecular weight excluding hydrogens is 344 g/mol. The monoisotopic (exact) mass is 372 g/mol. The summed E-state index contributed by atoms with van der Waals surface area (Å²) in [5.41, 5.74) is 0.652. The maximum absolute atomic E-state index is 12.1. The van der Waals surface area contributed by atoms with E-state index in [-0.39, 0.29) is 4.90 Å². The molecule has 0 amide bonds. The lowest BCUT2D eigenvalue weighted by molar-refractivity contribution is 0.300. The molecule has 0 saturated carbocycles. The molecule has 0 radical (unpaired) electrons. The number of hydrogen-bond donors (Lipinski definition) is 2. The van der Waals surface area contributed by atoms with Gasteiger partial charge < -0.3 is 15.5 Å². The van der Waals surface area contributed by atoms with Crippen molar-refractivity contribution in [3.8, 4) is 0 Å². The van der Waals surface area contributed by atoms with Crippen molar-refractivity contribution in [1.82, 2.24) is 14.5 Å². The topological polar surface area (TPSA) is 64.7 Å². The Hall–Kier alpha value is -1.22. The molecule has 0 aromatic heterocycles. The first-order valence-electron chi connectivity index (χ1n) is 8.11. The van der Waals surface area contributed by atoms with Crippen LogP contribution in [-0.2, 0) is 10.0 Å². The highest BCUT2D eigenvalue weighted by Crippen LogP contribution is 2.17. The summed E-state index contributed by atoms with van der Waals surface area (Å²) in [6, 6.07) is 6.64. The van der Waals surface area contributed by atoms with Crippen molar-refractivity contribution in [2.75, 3.05) is 45.6 Å². The smallest absolute Gasteiger partial charge is 0.242 e. The number of anilines is 1. The molecule has 136 valence electrons. The van der Waals surface area contributed by atoms with Crippen LogP contribution < -0.4 is 10.6 Å². The van der Waals surface area contributed by atoms with Crippen LogP contribution in [-0.4, -0.2) is 63.0 Å². The van der Waals surface area contributed by atoms with E-state index in [1.165, 1.54) is 18.4 Å². The van der Waals surface area contributed by atoms with Gasteiger partial charge in [0.2, 0.25) is 10.0 Å². The number of nitrogens with one attached hydrogen (secondary N) is 2. The molecule has 0 aliphatic carbocycles. The van der Waals surface area contributed by atoms with Gasteiger partial charge in [0.05, 0.1) is 4.90 Å². The Morgan fingerprint density at radius 2 is 1.88 bits per heavy atom. The second-order valence-corrected chi connectivity index (χ2v) is 8.14. The Balaban J connectivity index is 2.53. The van der Waals surface area contributed by atoms with E-state index >= 15 is 0 Å². The van der Waals surface area contributed by atoms with Gasteiger partial charge in [0.1, 0.15) is 0 Å². The van der Waals surface area contributed by atoms with Crippen LogP contribution in [0.25, 0.3) is 0 Å². The Morgan fingerprint density at radius 1 is 1.21 bits per heavy atom. The van der Waals surface area contributed by atoms with Crippen molar-refractivity contribution in [2.24, 2.45) is 0 Å². The number of rotatable bonds is 9. The van der Waals surface area contributed by atoms with E-state index in [1.54, 1.807) is 24.3 Å². The first-order chi connectivity index (χ1) is 11.3. The Kier molecular flexibility index (Phi) is 8.61. The summed E-state index contributed by atoms with van der Waals surface area (Å²) in [5, 5.41) is 6.68. The Labute approximate surface area is 151 Å². The quantitative estimate of drug-likeness (QED) is 0.510. The van der Waals surface area contributed by atoms with E-state index in [0.717, 1.165) is 32.6 Å². The zero-order valence-corrected chi connectivity index (χ0v) is 16.5. The number of nitrogens with zero attached hydrogens (tertiary/aromatic N) is 2. The van der Waals surface area contributed by atoms with Crippen LogP contribution in [0.2, 0.25) is 0 Å². The van der Waals surface area contributed by atoms with Gasteiger partial charge in [-0.05, 0) is 56.5 Å². The van der Waals surface area contributed by atoms with E-state index in [2.05, 4.69) is 29.4 Å². The summed E-state index contributed by atoms with van der Waals surface area (Å²) in [5.74, 6) is 0. The van der Waals surface area contributed by atoms with Gasteiger partial charge in [0.15, 0.2) is 5.11 Å². The molecular formula is C16H28N4O2S2. The van der Waals surface area contributed by atoms with Gasteiger partial charge in [-0.2, -0.15) is 0 Å².